The molecule has 0 aliphatic carbocycles. The first-order valence-electron chi connectivity index (χ1n) is 6.20. The number of nitrogens with zero attached hydrogens (tertiary/aromatic N) is 2. The molecule has 2 aromatic rings. The van der Waals surface area contributed by atoms with Crippen LogP contribution in [0.25, 0.3) is 0 Å². The van der Waals surface area contributed by atoms with E-state index in [1.54, 1.807) is 13.3 Å². The summed E-state index contributed by atoms with van der Waals surface area (Å²) in [5, 5.41) is 0. The second-order valence-electron chi connectivity index (χ2n) is 4.54. The van der Waals surface area contributed by atoms with E-state index >= 15 is 0 Å². The molecule has 1 heterocycles. The van der Waals surface area contributed by atoms with Gasteiger partial charge in [0.1, 0.15) is 18.1 Å². The van der Waals surface area contributed by atoms with Crippen molar-refractivity contribution >= 4 is 5.95 Å². The van der Waals surface area contributed by atoms with Crippen LogP contribution in [0.4, 0.5) is 5.95 Å². The van der Waals surface area contributed by atoms with Gasteiger partial charge in [0.2, 0.25) is 5.95 Å². The van der Waals surface area contributed by atoms with Crippen LogP contribution in [0.1, 0.15) is 25.6 Å². The number of rotatable bonds is 5. The summed E-state index contributed by atoms with van der Waals surface area (Å²) in [6.45, 7) is 4.57. The third-order valence-electron chi connectivity index (χ3n) is 2.86. The van der Waals surface area contributed by atoms with Gasteiger partial charge in [0.25, 0.3) is 0 Å². The molecule has 0 radical (unpaired) electrons. The Labute approximate surface area is 113 Å². The van der Waals surface area contributed by atoms with Gasteiger partial charge in [-0.05, 0) is 38.1 Å². The van der Waals surface area contributed by atoms with Gasteiger partial charge in [-0.25, -0.2) is 4.98 Å². The van der Waals surface area contributed by atoms with Crippen LogP contribution in [0.15, 0.2) is 30.5 Å². The van der Waals surface area contributed by atoms with Crippen molar-refractivity contribution < 1.29 is 9.47 Å². The van der Waals surface area contributed by atoms with E-state index in [9.17, 15) is 0 Å². The van der Waals surface area contributed by atoms with Crippen molar-refractivity contribution in [3.63, 3.8) is 0 Å². The summed E-state index contributed by atoms with van der Waals surface area (Å²) >= 11 is 0. The molecule has 2 rings (SSSR count). The van der Waals surface area contributed by atoms with Crippen LogP contribution in [-0.4, -0.2) is 16.7 Å². The molecule has 1 aromatic heterocycles. The molecular weight excluding hydrogens is 242 g/mol. The maximum absolute atomic E-state index is 5.83. The van der Waals surface area contributed by atoms with Gasteiger partial charge in [-0.15, -0.1) is 0 Å². The number of hydrogen-bond donors (Lipinski definition) is 1. The highest BCUT2D eigenvalue weighted by molar-refractivity contribution is 5.31. The molecule has 19 heavy (non-hydrogen) atoms. The first-order chi connectivity index (χ1) is 9.11. The Bertz CT molecular complexity index is 532. The standard InChI is InChI=1S/C14H19N3O2/c1-10(2)17-11(8-16-14(17)15)9-19-13-6-4-12(18-3)5-7-13/h4-8,10H,9H2,1-3H3,(H2,15,16). The van der Waals surface area contributed by atoms with Crippen LogP contribution in [-0.2, 0) is 6.61 Å². The van der Waals surface area contributed by atoms with Gasteiger partial charge in [-0.1, -0.05) is 0 Å². The van der Waals surface area contributed by atoms with Crippen molar-refractivity contribution in [2.24, 2.45) is 0 Å². The number of imidazole rings is 1. The molecule has 0 saturated carbocycles. The average molecular weight is 261 g/mol. The molecule has 5 heteroatoms. The lowest BCUT2D eigenvalue weighted by Gasteiger charge is -2.14. The fraction of sp³-hybridized carbons (Fsp3) is 0.357. The Morgan fingerprint density at radius 1 is 1.21 bits per heavy atom. The summed E-state index contributed by atoms with van der Waals surface area (Å²) in [4.78, 5) is 4.12. The molecular formula is C14H19N3O2. The van der Waals surface area contributed by atoms with Crippen LogP contribution < -0.4 is 15.2 Å². The molecule has 0 aliphatic rings. The highest BCUT2D eigenvalue weighted by atomic mass is 16.5. The van der Waals surface area contributed by atoms with Gasteiger partial charge >= 0.3 is 0 Å². The predicted molar refractivity (Wildman–Crippen MR) is 74.4 cm³/mol. The summed E-state index contributed by atoms with van der Waals surface area (Å²) in [5.74, 6) is 2.11. The first kappa shape index (κ1) is 13.3. The zero-order chi connectivity index (χ0) is 13.8. The van der Waals surface area contributed by atoms with Crippen LogP contribution >= 0.6 is 0 Å². The third-order valence-corrected chi connectivity index (χ3v) is 2.86. The van der Waals surface area contributed by atoms with Crippen LogP contribution in [0, 0.1) is 0 Å². The lowest BCUT2D eigenvalue weighted by Crippen LogP contribution is -2.11. The van der Waals surface area contributed by atoms with Gasteiger partial charge < -0.3 is 19.8 Å². The topological polar surface area (TPSA) is 62.3 Å². The number of ether oxygens (including phenoxy) is 2. The molecule has 102 valence electrons. The van der Waals surface area contributed by atoms with Crippen molar-refractivity contribution in [3.8, 4) is 11.5 Å². The Hall–Kier alpha value is -2.17. The summed E-state index contributed by atoms with van der Waals surface area (Å²) in [6.07, 6.45) is 1.75. The van der Waals surface area contributed by atoms with Crippen molar-refractivity contribution in [3.05, 3.63) is 36.2 Å². The largest absolute Gasteiger partial charge is 0.497 e. The van der Waals surface area contributed by atoms with Crippen molar-refractivity contribution in [2.75, 3.05) is 12.8 Å². The quantitative estimate of drug-likeness (QED) is 0.898. The fourth-order valence-electron chi connectivity index (χ4n) is 1.94. The minimum Gasteiger partial charge on any atom is -0.497 e. The Balaban J connectivity index is 2.05. The van der Waals surface area contributed by atoms with Crippen molar-refractivity contribution in [2.45, 2.75) is 26.5 Å². The molecule has 0 unspecified atom stereocenters. The summed E-state index contributed by atoms with van der Waals surface area (Å²) < 4.78 is 12.8. The predicted octanol–water partition coefficient (Wildman–Crippen LogP) is 2.63. The van der Waals surface area contributed by atoms with Gasteiger partial charge in [-0.2, -0.15) is 0 Å². The van der Waals surface area contributed by atoms with Gasteiger partial charge in [0.05, 0.1) is 19.0 Å². The molecule has 0 spiro atoms. The Morgan fingerprint density at radius 2 is 1.84 bits per heavy atom. The van der Waals surface area contributed by atoms with Crippen molar-refractivity contribution in [1.29, 1.82) is 0 Å². The minimum atomic E-state index is 0.261. The highest BCUT2D eigenvalue weighted by Gasteiger charge is 2.10. The van der Waals surface area contributed by atoms with Gasteiger partial charge in [0.15, 0.2) is 0 Å². The summed E-state index contributed by atoms with van der Waals surface area (Å²) in [5.41, 5.74) is 6.79. The molecule has 2 N–H and O–H groups in total. The summed E-state index contributed by atoms with van der Waals surface area (Å²) in [7, 11) is 1.64. The molecule has 0 bridgehead atoms. The molecule has 5 nitrogen and oxygen atoms in total. The first-order valence-corrected chi connectivity index (χ1v) is 6.20. The van der Waals surface area contributed by atoms with E-state index in [1.165, 1.54) is 0 Å². The van der Waals surface area contributed by atoms with E-state index in [-0.39, 0.29) is 6.04 Å². The monoisotopic (exact) mass is 261 g/mol. The van der Waals surface area contributed by atoms with E-state index in [1.807, 2.05) is 28.8 Å². The lowest BCUT2D eigenvalue weighted by molar-refractivity contribution is 0.292. The SMILES string of the molecule is COc1ccc(OCc2cnc(N)n2C(C)C)cc1. The van der Waals surface area contributed by atoms with Gasteiger partial charge in [-0.3, -0.25) is 0 Å². The zero-order valence-corrected chi connectivity index (χ0v) is 11.5. The second kappa shape index (κ2) is 5.65. The smallest absolute Gasteiger partial charge is 0.200 e. The fourth-order valence-corrected chi connectivity index (χ4v) is 1.94. The number of nitrogen functional groups attached to an aromatic ring is 1. The Kier molecular flexibility index (Phi) is 3.94. The Morgan fingerprint density at radius 3 is 2.42 bits per heavy atom. The van der Waals surface area contributed by atoms with Gasteiger partial charge in [0, 0.05) is 6.04 Å². The normalized spacial score (nSPS) is 10.7. The second-order valence-corrected chi connectivity index (χ2v) is 4.54. The van der Waals surface area contributed by atoms with E-state index in [4.69, 9.17) is 15.2 Å². The maximum Gasteiger partial charge on any atom is 0.200 e. The van der Waals surface area contributed by atoms with Crippen molar-refractivity contribution in [1.82, 2.24) is 9.55 Å². The molecule has 0 fully saturated rings. The number of anilines is 1. The van der Waals surface area contributed by atoms with E-state index in [0.717, 1.165) is 17.2 Å². The molecule has 1 aromatic carbocycles. The molecule has 0 saturated heterocycles. The van der Waals surface area contributed by atoms with Crippen LogP contribution in [0.3, 0.4) is 0 Å². The molecule has 0 atom stereocenters. The van der Waals surface area contributed by atoms with Crippen LogP contribution in [0.5, 0.6) is 11.5 Å². The van der Waals surface area contributed by atoms with E-state index in [0.29, 0.717) is 12.6 Å². The maximum atomic E-state index is 5.83. The average Bonchev–Trinajstić information content (AvgIpc) is 2.78. The molecule has 0 amide bonds. The minimum absolute atomic E-state index is 0.261. The number of methoxy groups -OCH3 is 1. The molecule has 0 aliphatic heterocycles. The van der Waals surface area contributed by atoms with E-state index < -0.39 is 0 Å². The highest BCUT2D eigenvalue weighted by Crippen LogP contribution is 2.20. The summed E-state index contributed by atoms with van der Waals surface area (Å²) in [6, 6.07) is 7.74. The number of benzene rings is 1. The van der Waals surface area contributed by atoms with Crippen LogP contribution in [0.2, 0.25) is 0 Å². The number of aromatic nitrogens is 2. The number of nitrogens with two attached hydrogens (primary N) is 1. The van der Waals surface area contributed by atoms with E-state index in [2.05, 4.69) is 18.8 Å². The number of hydrogen-bond acceptors (Lipinski definition) is 4. The third kappa shape index (κ3) is 2.99. The zero-order valence-electron chi connectivity index (χ0n) is 11.5. The lowest BCUT2D eigenvalue weighted by atomic mass is 10.3.